The number of hydrogen-bond donors (Lipinski definition) is 2. The first kappa shape index (κ1) is 9.95. The largest absolute Gasteiger partial charge is 0.388 e. The van der Waals surface area contributed by atoms with E-state index in [-0.39, 0.29) is 30.4 Å². The normalized spacial score (nSPS) is 29.6. The first-order chi connectivity index (χ1) is 5.36. The second-order valence-electron chi connectivity index (χ2n) is 3.54. The lowest BCUT2D eigenvalue weighted by Crippen LogP contribution is -2.51. The van der Waals surface area contributed by atoms with Crippen LogP contribution in [-0.2, 0) is 9.84 Å². The van der Waals surface area contributed by atoms with Crippen molar-refractivity contribution in [1.29, 1.82) is 0 Å². The third-order valence-corrected chi connectivity index (χ3v) is 4.19. The van der Waals surface area contributed by atoms with Gasteiger partial charge in [0.25, 0.3) is 0 Å². The molecule has 0 bridgehead atoms. The predicted molar refractivity (Wildman–Crippen MR) is 46.5 cm³/mol. The van der Waals surface area contributed by atoms with Gasteiger partial charge in [0.1, 0.15) is 0 Å². The molecule has 0 aromatic heterocycles. The van der Waals surface area contributed by atoms with Crippen LogP contribution in [0.2, 0.25) is 0 Å². The number of hydrogen-bond acceptors (Lipinski definition) is 4. The molecule has 0 aromatic carbocycles. The van der Waals surface area contributed by atoms with Crippen molar-refractivity contribution in [3.8, 4) is 0 Å². The smallest absolute Gasteiger partial charge is 0.150 e. The van der Waals surface area contributed by atoms with Crippen LogP contribution in [0.1, 0.15) is 19.8 Å². The zero-order chi connectivity index (χ0) is 9.41. The Hall–Kier alpha value is -0.130. The summed E-state index contributed by atoms with van der Waals surface area (Å²) in [6.45, 7) is 1.71. The zero-order valence-corrected chi connectivity index (χ0v) is 7.97. The third kappa shape index (κ3) is 1.97. The topological polar surface area (TPSA) is 80.4 Å². The van der Waals surface area contributed by atoms with E-state index in [0.29, 0.717) is 0 Å². The minimum atomic E-state index is -2.90. The number of rotatable bonds is 1. The SMILES string of the molecule is CC(N)C1(O)CCS(=O)(=O)CC1. The van der Waals surface area contributed by atoms with E-state index < -0.39 is 15.4 Å². The molecule has 12 heavy (non-hydrogen) atoms. The van der Waals surface area contributed by atoms with Crippen molar-refractivity contribution in [2.45, 2.75) is 31.4 Å². The molecule has 1 aliphatic heterocycles. The fourth-order valence-corrected chi connectivity index (χ4v) is 2.88. The predicted octanol–water partition coefficient (Wildman–Crippen LogP) is -0.727. The summed E-state index contributed by atoms with van der Waals surface area (Å²) in [4.78, 5) is 0. The average Bonchev–Trinajstić information content (AvgIpc) is 1.96. The van der Waals surface area contributed by atoms with Crippen molar-refractivity contribution in [2.75, 3.05) is 11.5 Å². The van der Waals surface area contributed by atoms with Crippen LogP contribution < -0.4 is 5.73 Å². The van der Waals surface area contributed by atoms with Gasteiger partial charge in [-0.2, -0.15) is 0 Å². The third-order valence-electron chi connectivity index (χ3n) is 2.54. The molecule has 1 heterocycles. The van der Waals surface area contributed by atoms with Crippen molar-refractivity contribution in [3.63, 3.8) is 0 Å². The lowest BCUT2D eigenvalue weighted by molar-refractivity contribution is 0.0101. The first-order valence-electron chi connectivity index (χ1n) is 4.04. The molecule has 4 nitrogen and oxygen atoms in total. The van der Waals surface area contributed by atoms with Crippen LogP contribution in [0.25, 0.3) is 0 Å². The van der Waals surface area contributed by atoms with Crippen LogP contribution in [0, 0.1) is 0 Å². The molecule has 1 fully saturated rings. The summed E-state index contributed by atoms with van der Waals surface area (Å²) >= 11 is 0. The fraction of sp³-hybridized carbons (Fsp3) is 1.00. The summed E-state index contributed by atoms with van der Waals surface area (Å²) in [6, 6.07) is -0.354. The summed E-state index contributed by atoms with van der Waals surface area (Å²) in [7, 11) is -2.90. The van der Waals surface area contributed by atoms with E-state index in [9.17, 15) is 13.5 Å². The maximum Gasteiger partial charge on any atom is 0.150 e. The zero-order valence-electron chi connectivity index (χ0n) is 7.16. The molecule has 0 aliphatic carbocycles. The lowest BCUT2D eigenvalue weighted by atomic mass is 9.90. The van der Waals surface area contributed by atoms with Crippen LogP contribution >= 0.6 is 0 Å². The highest BCUT2D eigenvalue weighted by molar-refractivity contribution is 7.91. The molecule has 0 spiro atoms. The van der Waals surface area contributed by atoms with Crippen LogP contribution in [0.4, 0.5) is 0 Å². The number of aliphatic hydroxyl groups is 1. The molecule has 1 saturated heterocycles. The van der Waals surface area contributed by atoms with Gasteiger partial charge in [0.15, 0.2) is 9.84 Å². The number of nitrogens with two attached hydrogens (primary N) is 1. The summed E-state index contributed by atoms with van der Waals surface area (Å²) in [5.41, 5.74) is 4.58. The molecular weight excluding hydrogens is 178 g/mol. The number of sulfone groups is 1. The minimum absolute atomic E-state index is 0.0606. The Morgan fingerprint density at radius 2 is 1.83 bits per heavy atom. The Morgan fingerprint density at radius 1 is 1.42 bits per heavy atom. The van der Waals surface area contributed by atoms with Crippen LogP contribution in [0.5, 0.6) is 0 Å². The van der Waals surface area contributed by atoms with Crippen molar-refractivity contribution in [3.05, 3.63) is 0 Å². The highest BCUT2D eigenvalue weighted by atomic mass is 32.2. The Labute approximate surface area is 72.7 Å². The van der Waals surface area contributed by atoms with Crippen molar-refractivity contribution in [2.24, 2.45) is 5.73 Å². The maximum absolute atomic E-state index is 11.0. The van der Waals surface area contributed by atoms with E-state index in [4.69, 9.17) is 5.73 Å². The first-order valence-corrected chi connectivity index (χ1v) is 5.86. The highest BCUT2D eigenvalue weighted by Gasteiger charge is 2.38. The van der Waals surface area contributed by atoms with Crippen molar-refractivity contribution >= 4 is 9.84 Å². The van der Waals surface area contributed by atoms with Crippen LogP contribution in [-0.4, -0.2) is 36.7 Å². The quantitative estimate of drug-likeness (QED) is 0.575. The van der Waals surface area contributed by atoms with Gasteiger partial charge >= 0.3 is 0 Å². The molecule has 0 radical (unpaired) electrons. The fourth-order valence-electron chi connectivity index (χ4n) is 1.35. The second-order valence-corrected chi connectivity index (χ2v) is 5.85. The molecule has 3 N–H and O–H groups in total. The van der Waals surface area contributed by atoms with E-state index in [1.807, 2.05) is 0 Å². The molecule has 1 rings (SSSR count). The molecule has 0 saturated carbocycles. The van der Waals surface area contributed by atoms with E-state index in [2.05, 4.69) is 0 Å². The van der Waals surface area contributed by atoms with Crippen LogP contribution in [0.3, 0.4) is 0 Å². The van der Waals surface area contributed by atoms with E-state index in [1.165, 1.54) is 0 Å². The van der Waals surface area contributed by atoms with Gasteiger partial charge in [-0.3, -0.25) is 0 Å². The Morgan fingerprint density at radius 3 is 2.17 bits per heavy atom. The van der Waals surface area contributed by atoms with Gasteiger partial charge in [0.2, 0.25) is 0 Å². The molecule has 72 valence electrons. The summed E-state index contributed by atoms with van der Waals surface area (Å²) in [5, 5.41) is 9.79. The van der Waals surface area contributed by atoms with E-state index in [0.717, 1.165) is 0 Å². The molecule has 0 aromatic rings. The Balaban J connectivity index is 2.68. The highest BCUT2D eigenvalue weighted by Crippen LogP contribution is 2.25. The van der Waals surface area contributed by atoms with Gasteiger partial charge in [0.05, 0.1) is 17.1 Å². The van der Waals surface area contributed by atoms with Gasteiger partial charge in [-0.1, -0.05) is 0 Å². The summed E-state index contributed by atoms with van der Waals surface area (Å²) in [6.07, 6.45) is 0.542. The Bertz CT molecular complexity index is 244. The van der Waals surface area contributed by atoms with E-state index >= 15 is 0 Å². The van der Waals surface area contributed by atoms with Crippen molar-refractivity contribution < 1.29 is 13.5 Å². The van der Waals surface area contributed by atoms with Gasteiger partial charge in [-0.05, 0) is 19.8 Å². The van der Waals surface area contributed by atoms with Crippen molar-refractivity contribution in [1.82, 2.24) is 0 Å². The minimum Gasteiger partial charge on any atom is -0.388 e. The standard InChI is InChI=1S/C7H15NO3S/c1-6(8)7(9)2-4-12(10,11)5-3-7/h6,9H,2-5,8H2,1H3. The summed E-state index contributed by atoms with van der Waals surface area (Å²) in [5.74, 6) is 0.121. The lowest BCUT2D eigenvalue weighted by Gasteiger charge is -2.35. The van der Waals surface area contributed by atoms with Crippen LogP contribution in [0.15, 0.2) is 0 Å². The molecule has 5 heteroatoms. The summed E-state index contributed by atoms with van der Waals surface area (Å²) < 4.78 is 22.0. The van der Waals surface area contributed by atoms with Gasteiger partial charge in [-0.25, -0.2) is 8.42 Å². The van der Waals surface area contributed by atoms with Gasteiger partial charge < -0.3 is 10.8 Å². The van der Waals surface area contributed by atoms with Gasteiger partial charge in [-0.15, -0.1) is 0 Å². The average molecular weight is 193 g/mol. The van der Waals surface area contributed by atoms with Gasteiger partial charge in [0, 0.05) is 6.04 Å². The molecule has 1 atom stereocenters. The second kappa shape index (κ2) is 2.97. The monoisotopic (exact) mass is 193 g/mol. The molecular formula is C7H15NO3S. The Kier molecular flexibility index (Phi) is 2.47. The molecule has 1 aliphatic rings. The maximum atomic E-state index is 11.0. The molecule has 1 unspecified atom stereocenters. The molecule has 0 amide bonds. The van der Waals surface area contributed by atoms with E-state index in [1.54, 1.807) is 6.92 Å².